The van der Waals surface area contributed by atoms with Gasteiger partial charge in [0, 0.05) is 20.1 Å². The van der Waals surface area contributed by atoms with Gasteiger partial charge in [-0.2, -0.15) is 0 Å². The molecule has 1 saturated heterocycles. The van der Waals surface area contributed by atoms with Crippen molar-refractivity contribution in [1.29, 1.82) is 0 Å². The van der Waals surface area contributed by atoms with Gasteiger partial charge in [-0.25, -0.2) is 0 Å². The Morgan fingerprint density at radius 3 is 2.71 bits per heavy atom. The van der Waals surface area contributed by atoms with Gasteiger partial charge in [0.05, 0.1) is 12.6 Å². The maximum atomic E-state index is 12.4. The van der Waals surface area contributed by atoms with Crippen LogP contribution >= 0.6 is 0 Å². The second-order valence-corrected chi connectivity index (χ2v) is 5.56. The first kappa shape index (κ1) is 15.5. The Labute approximate surface area is 125 Å². The third kappa shape index (κ3) is 4.29. The van der Waals surface area contributed by atoms with Crippen molar-refractivity contribution in [2.24, 2.45) is 5.73 Å². The van der Waals surface area contributed by atoms with E-state index >= 15 is 0 Å². The first-order valence-electron chi connectivity index (χ1n) is 7.40. The van der Waals surface area contributed by atoms with Gasteiger partial charge >= 0.3 is 0 Å². The maximum Gasteiger partial charge on any atom is 0.241 e. The molecule has 1 heterocycles. The van der Waals surface area contributed by atoms with Gasteiger partial charge < -0.3 is 15.5 Å². The third-order valence-electron chi connectivity index (χ3n) is 3.89. The highest BCUT2D eigenvalue weighted by molar-refractivity contribution is 5.87. The molecule has 5 nitrogen and oxygen atoms in total. The van der Waals surface area contributed by atoms with Crippen molar-refractivity contribution < 1.29 is 9.59 Å². The fourth-order valence-corrected chi connectivity index (χ4v) is 2.50. The molecule has 0 radical (unpaired) electrons. The molecule has 1 aliphatic heterocycles. The van der Waals surface area contributed by atoms with Crippen LogP contribution in [0.2, 0.25) is 0 Å². The second-order valence-electron chi connectivity index (χ2n) is 5.56. The lowest BCUT2D eigenvalue weighted by Crippen LogP contribution is -2.46. The molecule has 21 heavy (non-hydrogen) atoms. The highest BCUT2D eigenvalue weighted by atomic mass is 16.2. The van der Waals surface area contributed by atoms with Crippen LogP contribution in [-0.2, 0) is 16.0 Å². The van der Waals surface area contributed by atoms with Gasteiger partial charge in [-0.3, -0.25) is 9.59 Å². The number of carbonyl (C=O) groups excluding carboxylic acids is 2. The van der Waals surface area contributed by atoms with E-state index in [9.17, 15) is 9.59 Å². The first-order valence-corrected chi connectivity index (χ1v) is 7.40. The summed E-state index contributed by atoms with van der Waals surface area (Å²) in [5.74, 6) is -0.134. The van der Waals surface area contributed by atoms with Crippen LogP contribution in [0, 0.1) is 0 Å². The number of nitrogens with zero attached hydrogens (tertiary/aromatic N) is 2. The van der Waals surface area contributed by atoms with Crippen LogP contribution in [0.15, 0.2) is 30.3 Å². The van der Waals surface area contributed by atoms with Crippen molar-refractivity contribution in [3.63, 3.8) is 0 Å². The number of amides is 2. The molecule has 2 N–H and O–H groups in total. The largest absolute Gasteiger partial charge is 0.344 e. The lowest BCUT2D eigenvalue weighted by atomic mass is 10.0. The van der Waals surface area contributed by atoms with Crippen LogP contribution in [0.25, 0.3) is 0 Å². The topological polar surface area (TPSA) is 66.6 Å². The number of carbonyl (C=O) groups is 2. The Morgan fingerprint density at radius 1 is 1.29 bits per heavy atom. The summed E-state index contributed by atoms with van der Waals surface area (Å²) in [6.07, 6.45) is 2.18. The van der Waals surface area contributed by atoms with E-state index in [4.69, 9.17) is 5.73 Å². The molecule has 1 aromatic rings. The molecular weight excluding hydrogens is 266 g/mol. The Morgan fingerprint density at radius 2 is 2.00 bits per heavy atom. The van der Waals surface area contributed by atoms with E-state index in [1.54, 1.807) is 16.8 Å². The summed E-state index contributed by atoms with van der Waals surface area (Å²) >= 11 is 0. The molecule has 1 aliphatic rings. The lowest BCUT2D eigenvalue weighted by molar-refractivity contribution is -0.139. The minimum absolute atomic E-state index is 0.0175. The van der Waals surface area contributed by atoms with Crippen LogP contribution in [-0.4, -0.2) is 54.3 Å². The van der Waals surface area contributed by atoms with Crippen LogP contribution in [0.4, 0.5) is 0 Å². The summed E-state index contributed by atoms with van der Waals surface area (Å²) in [6, 6.07) is 9.44. The number of benzene rings is 1. The fraction of sp³-hybridized carbons (Fsp3) is 0.500. The van der Waals surface area contributed by atoms with Crippen molar-refractivity contribution in [3.8, 4) is 0 Å². The number of rotatable bonds is 4. The van der Waals surface area contributed by atoms with Crippen molar-refractivity contribution in [2.75, 3.05) is 26.7 Å². The number of hydrogen-bond acceptors (Lipinski definition) is 3. The van der Waals surface area contributed by atoms with Crippen LogP contribution in [0.5, 0.6) is 0 Å². The summed E-state index contributed by atoms with van der Waals surface area (Å²) < 4.78 is 0. The molecule has 5 heteroatoms. The van der Waals surface area contributed by atoms with E-state index in [1.807, 2.05) is 30.3 Å². The fourth-order valence-electron chi connectivity index (χ4n) is 2.50. The first-order chi connectivity index (χ1) is 10.1. The number of aryl methyl sites for hydroxylation is 1. The number of likely N-dealkylation sites (N-methyl/N-ethyl adjacent to an activating group) is 1. The summed E-state index contributed by atoms with van der Waals surface area (Å²) in [5, 5.41) is 0. The predicted molar refractivity (Wildman–Crippen MR) is 81.6 cm³/mol. The van der Waals surface area contributed by atoms with Gasteiger partial charge in [0.15, 0.2) is 0 Å². The molecule has 114 valence electrons. The Bertz CT molecular complexity index is 490. The zero-order chi connectivity index (χ0) is 15.2. The van der Waals surface area contributed by atoms with Gasteiger partial charge in [-0.05, 0) is 24.8 Å². The van der Waals surface area contributed by atoms with E-state index in [2.05, 4.69) is 0 Å². The van der Waals surface area contributed by atoms with Crippen molar-refractivity contribution in [2.45, 2.75) is 25.3 Å². The average Bonchev–Trinajstić information content (AvgIpc) is 2.67. The van der Waals surface area contributed by atoms with E-state index in [-0.39, 0.29) is 18.4 Å². The summed E-state index contributed by atoms with van der Waals surface area (Å²) in [5.41, 5.74) is 7.18. The second kappa shape index (κ2) is 7.22. The number of hydrogen-bond donors (Lipinski definition) is 1. The van der Waals surface area contributed by atoms with Crippen molar-refractivity contribution in [3.05, 3.63) is 35.9 Å². The van der Waals surface area contributed by atoms with Gasteiger partial charge in [-0.1, -0.05) is 30.3 Å². The highest BCUT2D eigenvalue weighted by Gasteiger charge is 2.26. The Balaban J connectivity index is 1.88. The molecule has 0 spiro atoms. The minimum atomic E-state index is -0.540. The van der Waals surface area contributed by atoms with Crippen LogP contribution < -0.4 is 5.73 Å². The standard InChI is InChI=1S/C16H23N3O2/c1-18-10-5-11-19(12-15(18)20)16(21)14(17)9-8-13-6-3-2-4-7-13/h2-4,6-7,14H,5,8-12,17H2,1H3. The zero-order valence-corrected chi connectivity index (χ0v) is 12.5. The molecule has 0 saturated carbocycles. The Kier molecular flexibility index (Phi) is 5.33. The minimum Gasteiger partial charge on any atom is -0.344 e. The SMILES string of the molecule is CN1CCCN(C(=O)C(N)CCc2ccccc2)CC1=O. The summed E-state index contributed by atoms with van der Waals surface area (Å²) in [6.45, 7) is 1.45. The van der Waals surface area contributed by atoms with Gasteiger partial charge in [-0.15, -0.1) is 0 Å². The normalized spacial score (nSPS) is 17.5. The lowest BCUT2D eigenvalue weighted by Gasteiger charge is -2.23. The third-order valence-corrected chi connectivity index (χ3v) is 3.89. The molecule has 1 atom stereocenters. The summed E-state index contributed by atoms with van der Waals surface area (Å²) in [4.78, 5) is 27.4. The molecule has 0 aromatic heterocycles. The molecule has 0 bridgehead atoms. The molecule has 2 rings (SSSR count). The molecular formula is C16H23N3O2. The Hall–Kier alpha value is -1.88. The monoisotopic (exact) mass is 289 g/mol. The van der Waals surface area contributed by atoms with Crippen molar-refractivity contribution >= 4 is 11.8 Å². The van der Waals surface area contributed by atoms with Gasteiger partial charge in [0.25, 0.3) is 0 Å². The van der Waals surface area contributed by atoms with E-state index < -0.39 is 6.04 Å². The van der Waals surface area contributed by atoms with Crippen molar-refractivity contribution in [1.82, 2.24) is 9.80 Å². The number of nitrogens with two attached hydrogens (primary N) is 1. The molecule has 0 aliphatic carbocycles. The van der Waals surface area contributed by atoms with Gasteiger partial charge in [0.2, 0.25) is 11.8 Å². The molecule has 1 aromatic carbocycles. The smallest absolute Gasteiger partial charge is 0.241 e. The predicted octanol–water partition coefficient (Wildman–Crippen LogP) is 0.637. The zero-order valence-electron chi connectivity index (χ0n) is 12.5. The van der Waals surface area contributed by atoms with E-state index in [0.717, 1.165) is 12.8 Å². The average molecular weight is 289 g/mol. The highest BCUT2D eigenvalue weighted by Crippen LogP contribution is 2.08. The van der Waals surface area contributed by atoms with Gasteiger partial charge in [0.1, 0.15) is 0 Å². The maximum absolute atomic E-state index is 12.4. The molecule has 1 fully saturated rings. The molecule has 1 unspecified atom stereocenters. The van der Waals surface area contributed by atoms with Crippen LogP contribution in [0.3, 0.4) is 0 Å². The van der Waals surface area contributed by atoms with Crippen LogP contribution in [0.1, 0.15) is 18.4 Å². The quantitative estimate of drug-likeness (QED) is 0.884. The summed E-state index contributed by atoms with van der Waals surface area (Å²) in [7, 11) is 1.77. The molecule has 2 amide bonds. The van der Waals surface area contributed by atoms with E-state index in [0.29, 0.717) is 19.5 Å². The van der Waals surface area contributed by atoms with E-state index in [1.165, 1.54) is 5.56 Å².